The summed E-state index contributed by atoms with van der Waals surface area (Å²) in [5, 5.41) is 0. The van der Waals surface area contributed by atoms with Crippen molar-refractivity contribution in [1.29, 1.82) is 0 Å². The molecule has 4 nitrogen and oxygen atoms in total. The van der Waals surface area contributed by atoms with Gasteiger partial charge in [-0.3, -0.25) is 4.90 Å². The maximum absolute atomic E-state index is 13.6. The first-order valence-electron chi connectivity index (χ1n) is 6.60. The van der Waals surface area contributed by atoms with Crippen LogP contribution < -0.4 is 10.5 Å². The Morgan fingerprint density at radius 2 is 2.26 bits per heavy atom. The van der Waals surface area contributed by atoms with E-state index in [-0.39, 0.29) is 17.6 Å². The third kappa shape index (κ3) is 3.89. The summed E-state index contributed by atoms with van der Waals surface area (Å²) in [5.74, 6) is -0.117. The van der Waals surface area contributed by atoms with Crippen molar-refractivity contribution < 1.29 is 13.9 Å². The van der Waals surface area contributed by atoms with Gasteiger partial charge in [-0.05, 0) is 24.1 Å². The van der Waals surface area contributed by atoms with Crippen molar-refractivity contribution in [2.45, 2.75) is 12.5 Å². The van der Waals surface area contributed by atoms with Gasteiger partial charge in [-0.15, -0.1) is 0 Å². The molecule has 2 rings (SSSR count). The fourth-order valence-electron chi connectivity index (χ4n) is 2.28. The number of hydrogen-bond acceptors (Lipinski definition) is 4. The molecule has 1 aromatic rings. The number of rotatable bonds is 4. The number of benzene rings is 1. The molecule has 1 unspecified atom stereocenters. The lowest BCUT2D eigenvalue weighted by atomic mass is 10.1. The molecule has 1 saturated heterocycles. The highest BCUT2D eigenvalue weighted by molar-refractivity contribution is 5.31. The molecular weight excluding hydrogens is 247 g/mol. The second-order valence-corrected chi connectivity index (χ2v) is 4.77. The summed E-state index contributed by atoms with van der Waals surface area (Å²) >= 11 is 0. The Labute approximate surface area is 113 Å². The average molecular weight is 268 g/mol. The second kappa shape index (κ2) is 6.84. The van der Waals surface area contributed by atoms with Gasteiger partial charge in [-0.25, -0.2) is 4.39 Å². The van der Waals surface area contributed by atoms with Crippen LogP contribution in [0.5, 0.6) is 5.75 Å². The van der Waals surface area contributed by atoms with Crippen LogP contribution in [0.3, 0.4) is 0 Å². The maximum atomic E-state index is 13.6. The van der Waals surface area contributed by atoms with E-state index < -0.39 is 0 Å². The lowest BCUT2D eigenvalue weighted by molar-refractivity contribution is 0.140. The number of nitrogens with zero attached hydrogens (tertiary/aromatic N) is 1. The zero-order valence-electron chi connectivity index (χ0n) is 11.3. The van der Waals surface area contributed by atoms with Gasteiger partial charge in [0.1, 0.15) is 0 Å². The molecule has 0 saturated carbocycles. The first-order chi connectivity index (χ1) is 9.20. The molecule has 0 aliphatic carbocycles. The minimum Gasteiger partial charge on any atom is -0.494 e. The predicted molar refractivity (Wildman–Crippen MR) is 71.8 cm³/mol. The van der Waals surface area contributed by atoms with Crippen molar-refractivity contribution in [3.63, 3.8) is 0 Å². The minimum absolute atomic E-state index is 0.196. The monoisotopic (exact) mass is 268 g/mol. The lowest BCUT2D eigenvalue weighted by Gasteiger charge is -2.23. The molecule has 0 spiro atoms. The van der Waals surface area contributed by atoms with Crippen LogP contribution in [-0.4, -0.2) is 44.9 Å². The Morgan fingerprint density at radius 1 is 1.42 bits per heavy atom. The fourth-order valence-corrected chi connectivity index (χ4v) is 2.28. The summed E-state index contributed by atoms with van der Waals surface area (Å²) < 4.78 is 23.9. The largest absolute Gasteiger partial charge is 0.494 e. The normalized spacial score (nSPS) is 18.9. The van der Waals surface area contributed by atoms with Gasteiger partial charge in [0, 0.05) is 32.3 Å². The Hall–Kier alpha value is -1.17. The van der Waals surface area contributed by atoms with Gasteiger partial charge in [0.25, 0.3) is 0 Å². The number of hydrogen-bond donors (Lipinski definition) is 1. The Kier molecular flexibility index (Phi) is 5.13. The molecule has 0 bridgehead atoms. The van der Waals surface area contributed by atoms with E-state index >= 15 is 0 Å². The maximum Gasteiger partial charge on any atom is 0.165 e. The molecule has 106 valence electrons. The van der Waals surface area contributed by atoms with Gasteiger partial charge >= 0.3 is 0 Å². The van der Waals surface area contributed by atoms with E-state index in [0.717, 1.165) is 44.8 Å². The smallest absolute Gasteiger partial charge is 0.165 e. The van der Waals surface area contributed by atoms with Crippen LogP contribution in [0.25, 0.3) is 0 Å². The van der Waals surface area contributed by atoms with Crippen molar-refractivity contribution in [3.05, 3.63) is 29.6 Å². The SMILES string of the molecule is COc1ccc(C(N)CN2CCCOCC2)cc1F. The second-order valence-electron chi connectivity index (χ2n) is 4.77. The highest BCUT2D eigenvalue weighted by atomic mass is 19.1. The van der Waals surface area contributed by atoms with Gasteiger partial charge in [-0.1, -0.05) is 6.07 Å². The standard InChI is InChI=1S/C14H21FN2O2/c1-18-14-4-3-11(9-12(14)15)13(16)10-17-5-2-7-19-8-6-17/h3-4,9,13H,2,5-8,10,16H2,1H3. The Bertz CT molecular complexity index is 406. The van der Waals surface area contributed by atoms with E-state index in [4.69, 9.17) is 15.2 Å². The van der Waals surface area contributed by atoms with Crippen LogP contribution in [0.2, 0.25) is 0 Å². The number of methoxy groups -OCH3 is 1. The van der Waals surface area contributed by atoms with Crippen LogP contribution in [0, 0.1) is 5.82 Å². The highest BCUT2D eigenvalue weighted by Crippen LogP contribution is 2.21. The molecule has 2 N–H and O–H groups in total. The molecule has 1 atom stereocenters. The summed E-state index contributed by atoms with van der Waals surface area (Å²) in [5.41, 5.74) is 6.94. The first-order valence-corrected chi connectivity index (χ1v) is 6.60. The Balaban J connectivity index is 1.98. The van der Waals surface area contributed by atoms with Gasteiger partial charge in [0.2, 0.25) is 0 Å². The van der Waals surface area contributed by atoms with Crippen molar-refractivity contribution >= 4 is 0 Å². The van der Waals surface area contributed by atoms with E-state index in [9.17, 15) is 4.39 Å². The number of ether oxygens (including phenoxy) is 2. The van der Waals surface area contributed by atoms with Crippen molar-refractivity contribution in [2.24, 2.45) is 5.73 Å². The lowest BCUT2D eigenvalue weighted by Crippen LogP contribution is -2.34. The molecule has 19 heavy (non-hydrogen) atoms. The third-order valence-electron chi connectivity index (χ3n) is 3.37. The summed E-state index contributed by atoms with van der Waals surface area (Å²) in [6.07, 6.45) is 1.02. The Morgan fingerprint density at radius 3 is 3.00 bits per heavy atom. The van der Waals surface area contributed by atoms with Crippen molar-refractivity contribution in [1.82, 2.24) is 4.90 Å². The molecule has 1 heterocycles. The van der Waals surface area contributed by atoms with Crippen LogP contribution in [0.1, 0.15) is 18.0 Å². The average Bonchev–Trinajstić information content (AvgIpc) is 2.67. The topological polar surface area (TPSA) is 47.7 Å². The van der Waals surface area contributed by atoms with E-state index in [1.165, 1.54) is 13.2 Å². The fraction of sp³-hybridized carbons (Fsp3) is 0.571. The van der Waals surface area contributed by atoms with Crippen LogP contribution >= 0.6 is 0 Å². The number of nitrogens with two attached hydrogens (primary N) is 1. The summed E-state index contributed by atoms with van der Waals surface area (Å²) in [4.78, 5) is 2.26. The van der Waals surface area contributed by atoms with Gasteiger partial charge < -0.3 is 15.2 Å². The summed E-state index contributed by atoms with van der Waals surface area (Å²) in [6.45, 7) is 4.13. The van der Waals surface area contributed by atoms with E-state index in [0.29, 0.717) is 0 Å². The van der Waals surface area contributed by atoms with Gasteiger partial charge in [0.15, 0.2) is 11.6 Å². The molecule has 1 aliphatic rings. The van der Waals surface area contributed by atoms with Gasteiger partial charge in [0.05, 0.1) is 13.7 Å². The van der Waals surface area contributed by atoms with E-state index in [2.05, 4.69) is 4.90 Å². The first kappa shape index (κ1) is 14.2. The van der Waals surface area contributed by atoms with Gasteiger partial charge in [-0.2, -0.15) is 0 Å². The van der Waals surface area contributed by atoms with Crippen LogP contribution in [0.15, 0.2) is 18.2 Å². The summed E-state index contributed by atoms with van der Waals surface area (Å²) in [6, 6.07) is 4.70. The zero-order chi connectivity index (χ0) is 13.7. The van der Waals surface area contributed by atoms with E-state index in [1.54, 1.807) is 6.07 Å². The molecule has 1 aliphatic heterocycles. The molecule has 1 aromatic carbocycles. The minimum atomic E-state index is -0.366. The zero-order valence-corrected chi connectivity index (χ0v) is 11.3. The van der Waals surface area contributed by atoms with Crippen molar-refractivity contribution in [2.75, 3.05) is 40.0 Å². The predicted octanol–water partition coefficient (Wildman–Crippen LogP) is 1.56. The molecule has 0 radical (unpaired) electrons. The molecular formula is C14H21FN2O2. The number of halogens is 1. The summed E-state index contributed by atoms with van der Waals surface area (Å²) in [7, 11) is 1.45. The molecule has 1 fully saturated rings. The van der Waals surface area contributed by atoms with Crippen LogP contribution in [0.4, 0.5) is 4.39 Å². The van der Waals surface area contributed by atoms with Crippen LogP contribution in [-0.2, 0) is 4.74 Å². The highest BCUT2D eigenvalue weighted by Gasteiger charge is 2.15. The molecule has 0 aromatic heterocycles. The quantitative estimate of drug-likeness (QED) is 0.900. The molecule has 0 amide bonds. The van der Waals surface area contributed by atoms with Crippen molar-refractivity contribution in [3.8, 4) is 5.75 Å². The third-order valence-corrected chi connectivity index (χ3v) is 3.37. The van der Waals surface area contributed by atoms with E-state index in [1.807, 2.05) is 6.07 Å². The molecule has 5 heteroatoms.